The van der Waals surface area contributed by atoms with Gasteiger partial charge in [0.2, 0.25) is 11.0 Å². The smallest absolute Gasteiger partial charge is 0.345 e. The maximum absolute atomic E-state index is 11.5. The Morgan fingerprint density at radius 2 is 2.04 bits per heavy atom. The molecule has 1 heterocycles. The molecule has 0 aliphatic carbocycles. The van der Waals surface area contributed by atoms with Gasteiger partial charge in [-0.25, -0.2) is 4.98 Å². The van der Waals surface area contributed by atoms with Gasteiger partial charge in [-0.1, -0.05) is 0 Å². The lowest BCUT2D eigenvalue weighted by Gasteiger charge is -2.23. The van der Waals surface area contributed by atoms with Crippen molar-refractivity contribution in [2.75, 3.05) is 36.5 Å². The zero-order chi connectivity index (χ0) is 19.8. The highest BCUT2D eigenvalue weighted by molar-refractivity contribution is 7.18. The number of thiazole rings is 1. The van der Waals surface area contributed by atoms with E-state index in [9.17, 15) is 14.9 Å². The number of anilines is 2. The molecule has 2 aromatic rings. The number of azo groups is 1. The Bertz CT molecular complexity index is 834. The zero-order valence-electron chi connectivity index (χ0n) is 14.4. The molecule has 3 N–H and O–H groups in total. The second kappa shape index (κ2) is 9.66. The van der Waals surface area contributed by atoms with Crippen LogP contribution in [0.3, 0.4) is 0 Å². The number of nitrogens with zero attached hydrogens (tertiary/aromatic N) is 5. The second-order valence-electron chi connectivity index (χ2n) is 5.26. The Hall–Kier alpha value is -2.96. The number of benzene rings is 1. The third-order valence-electron chi connectivity index (χ3n) is 3.30. The third-order valence-corrected chi connectivity index (χ3v) is 4.13. The van der Waals surface area contributed by atoms with E-state index in [4.69, 9.17) is 10.2 Å². The molecular weight excluding hydrogens is 376 g/mol. The van der Waals surface area contributed by atoms with Gasteiger partial charge in [0.05, 0.1) is 23.8 Å². The van der Waals surface area contributed by atoms with E-state index in [1.165, 1.54) is 6.92 Å². The van der Waals surface area contributed by atoms with Crippen molar-refractivity contribution in [3.05, 3.63) is 34.5 Å². The number of nitro groups is 1. The van der Waals surface area contributed by atoms with Gasteiger partial charge in [0.1, 0.15) is 11.9 Å². The minimum atomic E-state index is -0.564. The number of aromatic nitrogens is 1. The summed E-state index contributed by atoms with van der Waals surface area (Å²) >= 11 is 0.779. The summed E-state index contributed by atoms with van der Waals surface area (Å²) in [5.41, 5.74) is 1.38. The van der Waals surface area contributed by atoms with Gasteiger partial charge >= 0.3 is 5.00 Å². The van der Waals surface area contributed by atoms with Crippen LogP contribution in [-0.2, 0) is 4.79 Å². The van der Waals surface area contributed by atoms with Crippen LogP contribution in [0.15, 0.2) is 34.6 Å². The largest absolute Gasteiger partial charge is 0.395 e. The topological polar surface area (TPSA) is 154 Å². The number of aliphatic hydroxyl groups excluding tert-OH is 2. The van der Waals surface area contributed by atoms with Crippen LogP contribution in [0.2, 0.25) is 0 Å². The molecular formula is C15H18N6O5S. The van der Waals surface area contributed by atoms with Crippen molar-refractivity contribution in [1.29, 1.82) is 0 Å². The van der Waals surface area contributed by atoms with Gasteiger partial charge in [0.25, 0.3) is 0 Å². The first kappa shape index (κ1) is 20.4. The number of carbonyl (C=O) groups excluding carboxylic acids is 1. The van der Waals surface area contributed by atoms with Crippen LogP contribution in [0.1, 0.15) is 6.92 Å². The first-order valence-electron chi connectivity index (χ1n) is 7.85. The average molecular weight is 394 g/mol. The molecule has 1 amide bonds. The van der Waals surface area contributed by atoms with Crippen LogP contribution >= 0.6 is 11.3 Å². The molecule has 0 atom stereocenters. The van der Waals surface area contributed by atoms with Crippen molar-refractivity contribution in [3.8, 4) is 0 Å². The molecule has 0 aliphatic heterocycles. The van der Waals surface area contributed by atoms with Gasteiger partial charge in [-0.3, -0.25) is 14.9 Å². The molecule has 1 aromatic heterocycles. The number of carbonyl (C=O) groups is 1. The minimum Gasteiger partial charge on any atom is -0.395 e. The summed E-state index contributed by atoms with van der Waals surface area (Å²) in [7, 11) is 0. The summed E-state index contributed by atoms with van der Waals surface area (Å²) in [5, 5.41) is 39.5. The molecule has 12 heteroatoms. The van der Waals surface area contributed by atoms with E-state index in [1.54, 1.807) is 23.1 Å². The summed E-state index contributed by atoms with van der Waals surface area (Å²) < 4.78 is 0. The Kier molecular flexibility index (Phi) is 7.28. The van der Waals surface area contributed by atoms with Crippen LogP contribution in [0, 0.1) is 10.1 Å². The predicted octanol–water partition coefficient (Wildman–Crippen LogP) is 2.22. The maximum Gasteiger partial charge on any atom is 0.345 e. The van der Waals surface area contributed by atoms with E-state index >= 15 is 0 Å². The number of hydrogen-bond acceptors (Lipinski definition) is 10. The summed E-state index contributed by atoms with van der Waals surface area (Å²) in [6.45, 7) is 1.77. The molecule has 11 nitrogen and oxygen atoms in total. The van der Waals surface area contributed by atoms with Crippen molar-refractivity contribution >= 4 is 44.4 Å². The summed E-state index contributed by atoms with van der Waals surface area (Å²) in [4.78, 5) is 27.2. The summed E-state index contributed by atoms with van der Waals surface area (Å²) in [5.74, 6) is -0.315. The fourth-order valence-electron chi connectivity index (χ4n) is 2.19. The van der Waals surface area contributed by atoms with Crippen LogP contribution in [0.5, 0.6) is 0 Å². The molecule has 0 aliphatic rings. The lowest BCUT2D eigenvalue weighted by atomic mass is 10.2. The van der Waals surface area contributed by atoms with Gasteiger partial charge in [-0.15, -0.1) is 10.2 Å². The van der Waals surface area contributed by atoms with Gasteiger partial charge in [0.15, 0.2) is 0 Å². The fraction of sp³-hybridized carbons (Fsp3) is 0.333. The molecule has 0 bridgehead atoms. The van der Waals surface area contributed by atoms with Crippen LogP contribution in [-0.4, -0.2) is 52.3 Å². The third kappa shape index (κ3) is 5.77. The van der Waals surface area contributed by atoms with Gasteiger partial charge in [0, 0.05) is 25.7 Å². The van der Waals surface area contributed by atoms with Crippen LogP contribution < -0.4 is 10.2 Å². The van der Waals surface area contributed by atoms with Crippen molar-refractivity contribution in [1.82, 2.24) is 4.98 Å². The highest BCUT2D eigenvalue weighted by Crippen LogP contribution is 2.33. The summed E-state index contributed by atoms with van der Waals surface area (Å²) in [6, 6.07) is 4.95. The van der Waals surface area contributed by atoms with E-state index in [2.05, 4.69) is 20.5 Å². The Morgan fingerprint density at radius 3 is 2.59 bits per heavy atom. The number of hydrogen-bond donors (Lipinski definition) is 3. The van der Waals surface area contributed by atoms with Crippen LogP contribution in [0.4, 0.5) is 27.2 Å². The van der Waals surface area contributed by atoms with Gasteiger partial charge < -0.3 is 20.4 Å². The highest BCUT2D eigenvalue weighted by atomic mass is 32.1. The molecule has 0 fully saturated rings. The molecule has 2 rings (SSSR count). The number of rotatable bonds is 9. The Morgan fingerprint density at radius 1 is 1.33 bits per heavy atom. The van der Waals surface area contributed by atoms with Crippen molar-refractivity contribution in [2.24, 2.45) is 10.2 Å². The average Bonchev–Trinajstić information content (AvgIpc) is 3.09. The first-order chi connectivity index (χ1) is 12.9. The minimum absolute atomic E-state index is 0.0975. The molecule has 0 spiro atoms. The lowest BCUT2D eigenvalue weighted by Crippen LogP contribution is -2.29. The van der Waals surface area contributed by atoms with Crippen LogP contribution in [0.25, 0.3) is 0 Å². The molecule has 0 radical (unpaired) electrons. The van der Waals surface area contributed by atoms with E-state index in [0.717, 1.165) is 17.5 Å². The fourth-order valence-corrected chi connectivity index (χ4v) is 2.75. The Labute approximate surface area is 158 Å². The standard InChI is InChI=1S/C15H18N6O5S/c1-10(24)17-13-8-11(20(4-6-22)5-7-23)2-3-12(13)18-19-15-16-9-14(27-15)21(25)26/h2-3,8-9,22-23H,4-7H2,1H3,(H,17,24). The molecule has 0 saturated carbocycles. The lowest BCUT2D eigenvalue weighted by molar-refractivity contribution is -0.380. The molecule has 0 unspecified atom stereocenters. The first-order valence-corrected chi connectivity index (χ1v) is 8.66. The van der Waals surface area contributed by atoms with Gasteiger partial charge in [-0.2, -0.15) is 0 Å². The zero-order valence-corrected chi connectivity index (χ0v) is 15.2. The molecule has 144 valence electrons. The van der Waals surface area contributed by atoms with E-state index in [0.29, 0.717) is 30.2 Å². The molecule has 1 aromatic carbocycles. The highest BCUT2D eigenvalue weighted by Gasteiger charge is 2.13. The summed E-state index contributed by atoms with van der Waals surface area (Å²) in [6.07, 6.45) is 1.10. The van der Waals surface area contributed by atoms with E-state index in [1.807, 2.05) is 0 Å². The van der Waals surface area contributed by atoms with Crippen molar-refractivity contribution < 1.29 is 19.9 Å². The number of nitrogens with one attached hydrogen (secondary N) is 1. The number of aliphatic hydroxyl groups is 2. The van der Waals surface area contributed by atoms with E-state index in [-0.39, 0.29) is 29.3 Å². The number of amides is 1. The maximum atomic E-state index is 11.5. The quantitative estimate of drug-likeness (QED) is 0.335. The van der Waals surface area contributed by atoms with Gasteiger partial charge in [-0.05, 0) is 29.5 Å². The second-order valence-corrected chi connectivity index (χ2v) is 6.24. The van der Waals surface area contributed by atoms with E-state index < -0.39 is 4.92 Å². The van der Waals surface area contributed by atoms with Crippen molar-refractivity contribution in [3.63, 3.8) is 0 Å². The molecule has 27 heavy (non-hydrogen) atoms. The predicted molar refractivity (Wildman–Crippen MR) is 100 cm³/mol. The monoisotopic (exact) mass is 394 g/mol. The Balaban J connectivity index is 2.32. The SMILES string of the molecule is CC(=O)Nc1cc(N(CCO)CCO)ccc1N=Nc1ncc([N+](=O)[O-])s1. The van der Waals surface area contributed by atoms with Crippen molar-refractivity contribution in [2.45, 2.75) is 6.92 Å². The normalized spacial score (nSPS) is 10.9. The molecule has 0 saturated heterocycles.